The van der Waals surface area contributed by atoms with Gasteiger partial charge < -0.3 is 4.98 Å². The molecule has 1 atom stereocenters. The van der Waals surface area contributed by atoms with Gasteiger partial charge in [-0.25, -0.2) is 21.6 Å². The first-order valence-corrected chi connectivity index (χ1v) is 13.0. The fourth-order valence-corrected chi connectivity index (χ4v) is 5.43. The van der Waals surface area contributed by atoms with Crippen molar-refractivity contribution < 1.29 is 25.6 Å². The third-order valence-corrected chi connectivity index (χ3v) is 8.21. The van der Waals surface area contributed by atoms with Crippen LogP contribution in [-0.4, -0.2) is 34.1 Å². The summed E-state index contributed by atoms with van der Waals surface area (Å²) in [7, 11) is -8.84. The summed E-state index contributed by atoms with van der Waals surface area (Å²) >= 11 is 0. The first-order valence-electron chi connectivity index (χ1n) is 9.93. The summed E-state index contributed by atoms with van der Waals surface area (Å²) in [5.74, 6) is -3.89. The summed E-state index contributed by atoms with van der Waals surface area (Å²) in [6.07, 6.45) is 1.85. The molecule has 0 aliphatic heterocycles. The number of sulfonamides is 1. The predicted molar refractivity (Wildman–Crippen MR) is 121 cm³/mol. The van der Waals surface area contributed by atoms with E-state index in [1.54, 1.807) is 0 Å². The van der Waals surface area contributed by atoms with E-state index in [0.717, 1.165) is 46.3 Å². The first-order chi connectivity index (χ1) is 15.7. The maximum atomic E-state index is 12.9. The second-order valence-corrected chi connectivity index (χ2v) is 11.1. The van der Waals surface area contributed by atoms with Crippen molar-refractivity contribution in [1.29, 1.82) is 0 Å². The van der Waals surface area contributed by atoms with Crippen molar-refractivity contribution in [3.63, 3.8) is 0 Å². The quantitative estimate of drug-likeness (QED) is 0.386. The van der Waals surface area contributed by atoms with Crippen LogP contribution in [0.3, 0.4) is 0 Å². The summed E-state index contributed by atoms with van der Waals surface area (Å²) < 4.78 is 77.0. The van der Waals surface area contributed by atoms with Gasteiger partial charge in [0.05, 0.1) is 9.79 Å². The van der Waals surface area contributed by atoms with Gasteiger partial charge in [-0.2, -0.15) is 8.78 Å². The summed E-state index contributed by atoms with van der Waals surface area (Å²) in [6.45, 7) is 0.0330. The van der Waals surface area contributed by atoms with E-state index in [-0.39, 0.29) is 17.4 Å². The second-order valence-electron chi connectivity index (χ2n) is 7.38. The monoisotopic (exact) mass is 490 g/mol. The molecule has 33 heavy (non-hydrogen) atoms. The fraction of sp³-hybridized carbons (Fsp3) is 0.130. The number of aromatic nitrogens is 1. The number of H-pyrrole nitrogens is 1. The van der Waals surface area contributed by atoms with E-state index < -0.39 is 30.5 Å². The average molecular weight is 491 g/mol. The molecule has 4 aromatic rings. The van der Waals surface area contributed by atoms with Crippen LogP contribution in [0.5, 0.6) is 0 Å². The molecule has 4 rings (SSSR count). The molecule has 10 heteroatoms. The third-order valence-electron chi connectivity index (χ3n) is 5.37. The van der Waals surface area contributed by atoms with Crippen LogP contribution in [0.4, 0.5) is 8.78 Å². The number of alkyl halides is 2. The van der Waals surface area contributed by atoms with Crippen molar-refractivity contribution in [2.24, 2.45) is 0 Å². The lowest BCUT2D eigenvalue weighted by molar-refractivity contribution is 0.234. The molecule has 0 saturated heterocycles. The Kier molecular flexibility index (Phi) is 6.33. The van der Waals surface area contributed by atoms with Gasteiger partial charge in [0.25, 0.3) is 0 Å². The summed E-state index contributed by atoms with van der Waals surface area (Å²) in [5.41, 5.74) is 2.74. The molecule has 1 aromatic heterocycles. The van der Waals surface area contributed by atoms with Crippen molar-refractivity contribution in [2.75, 3.05) is 6.54 Å². The lowest BCUT2D eigenvalue weighted by Gasteiger charge is -2.18. The van der Waals surface area contributed by atoms with E-state index >= 15 is 0 Å². The van der Waals surface area contributed by atoms with Crippen molar-refractivity contribution in [3.05, 3.63) is 96.2 Å². The Bertz CT molecular complexity index is 1470. The van der Waals surface area contributed by atoms with Gasteiger partial charge in [0.2, 0.25) is 19.9 Å². The largest absolute Gasteiger partial charge is 0.361 e. The number of aromatic amines is 1. The number of nitrogens with one attached hydrogen (secondary N) is 2. The SMILES string of the molecule is O=S(=O)(NCC(c1ccccc1)c1c[nH]c2ccccc12)c1ccc(S(=O)(=O)C(F)F)cc1. The number of hydrogen-bond acceptors (Lipinski definition) is 4. The standard InChI is InChI=1S/C23H20F2N2O4S2/c24-23(25)32(28,29)17-10-12-18(13-11-17)33(30,31)27-15-20(16-6-2-1-3-7-16)21-14-26-22-9-5-4-8-19(21)22/h1-14,20,23,26-27H,15H2. The van der Waals surface area contributed by atoms with Crippen LogP contribution in [0.15, 0.2) is 94.9 Å². The van der Waals surface area contributed by atoms with Gasteiger partial charge in [-0.1, -0.05) is 48.5 Å². The number of halogens is 2. The molecule has 0 bridgehead atoms. The highest BCUT2D eigenvalue weighted by Gasteiger charge is 2.27. The van der Waals surface area contributed by atoms with Crippen LogP contribution in [-0.2, 0) is 19.9 Å². The molecule has 0 radical (unpaired) electrons. The van der Waals surface area contributed by atoms with Gasteiger partial charge in [0, 0.05) is 29.6 Å². The second kappa shape index (κ2) is 9.05. The molecule has 1 heterocycles. The molecule has 6 nitrogen and oxygen atoms in total. The maximum absolute atomic E-state index is 12.9. The van der Waals surface area contributed by atoms with Crippen molar-refractivity contribution in [2.45, 2.75) is 21.5 Å². The molecule has 2 N–H and O–H groups in total. The van der Waals surface area contributed by atoms with E-state index in [1.807, 2.05) is 60.8 Å². The van der Waals surface area contributed by atoms with E-state index in [9.17, 15) is 25.6 Å². The minimum atomic E-state index is -4.80. The van der Waals surface area contributed by atoms with E-state index in [1.165, 1.54) is 0 Å². The molecule has 0 fully saturated rings. The molecular weight excluding hydrogens is 470 g/mol. The molecule has 0 saturated carbocycles. The van der Waals surface area contributed by atoms with Crippen molar-refractivity contribution in [3.8, 4) is 0 Å². The normalized spacial score (nSPS) is 13.4. The Morgan fingerprint density at radius 3 is 2.06 bits per heavy atom. The van der Waals surface area contributed by atoms with Crippen molar-refractivity contribution in [1.82, 2.24) is 9.71 Å². The maximum Gasteiger partial charge on any atom is 0.341 e. The van der Waals surface area contributed by atoms with Gasteiger partial charge >= 0.3 is 5.76 Å². The topological polar surface area (TPSA) is 96.1 Å². The van der Waals surface area contributed by atoms with Gasteiger partial charge in [0.1, 0.15) is 0 Å². The molecule has 1 unspecified atom stereocenters. The van der Waals surface area contributed by atoms with Gasteiger partial charge in [-0.05, 0) is 41.5 Å². The summed E-state index contributed by atoms with van der Waals surface area (Å²) in [6, 6.07) is 20.8. The summed E-state index contributed by atoms with van der Waals surface area (Å²) in [5, 5.41) is 0.965. The molecule has 0 spiro atoms. The molecule has 3 aromatic carbocycles. The number of rotatable bonds is 8. The minimum absolute atomic E-state index is 0.0330. The Labute approximate surface area is 190 Å². The lowest BCUT2D eigenvalue weighted by atomic mass is 9.91. The first kappa shape index (κ1) is 23.1. The molecule has 0 aliphatic rings. The Balaban J connectivity index is 1.63. The van der Waals surface area contributed by atoms with Crippen LogP contribution in [0.1, 0.15) is 17.0 Å². The van der Waals surface area contributed by atoms with Crippen LogP contribution in [0.2, 0.25) is 0 Å². The predicted octanol–water partition coefficient (Wildman–Crippen LogP) is 4.27. The van der Waals surface area contributed by atoms with E-state index in [4.69, 9.17) is 0 Å². The van der Waals surface area contributed by atoms with Crippen molar-refractivity contribution >= 4 is 30.8 Å². The number of para-hydroxylation sites is 1. The Morgan fingerprint density at radius 2 is 1.39 bits per heavy atom. The zero-order valence-corrected chi connectivity index (χ0v) is 18.8. The van der Waals surface area contributed by atoms with Gasteiger partial charge in [-0.15, -0.1) is 0 Å². The van der Waals surface area contributed by atoms with E-state index in [0.29, 0.717) is 0 Å². The highest BCUT2D eigenvalue weighted by molar-refractivity contribution is 7.91. The number of benzene rings is 3. The number of hydrogen-bond donors (Lipinski definition) is 2. The van der Waals surface area contributed by atoms with Crippen LogP contribution in [0, 0.1) is 0 Å². The Hall–Kier alpha value is -3.08. The Morgan fingerprint density at radius 1 is 0.788 bits per heavy atom. The molecule has 172 valence electrons. The van der Waals surface area contributed by atoms with E-state index in [2.05, 4.69) is 9.71 Å². The molecule has 0 amide bonds. The molecule has 0 aliphatic carbocycles. The lowest BCUT2D eigenvalue weighted by Crippen LogP contribution is -2.29. The minimum Gasteiger partial charge on any atom is -0.361 e. The average Bonchev–Trinajstić information content (AvgIpc) is 3.24. The highest BCUT2D eigenvalue weighted by Crippen LogP contribution is 2.31. The highest BCUT2D eigenvalue weighted by atomic mass is 32.2. The number of fused-ring (bicyclic) bond motifs is 1. The van der Waals surface area contributed by atoms with Crippen LogP contribution in [0.25, 0.3) is 10.9 Å². The van der Waals surface area contributed by atoms with Crippen LogP contribution >= 0.6 is 0 Å². The zero-order chi connectivity index (χ0) is 23.6. The van der Waals surface area contributed by atoms with Crippen LogP contribution < -0.4 is 4.72 Å². The summed E-state index contributed by atoms with van der Waals surface area (Å²) in [4.78, 5) is 2.34. The molecular formula is C23H20F2N2O4S2. The smallest absolute Gasteiger partial charge is 0.341 e. The zero-order valence-electron chi connectivity index (χ0n) is 17.2. The van der Waals surface area contributed by atoms with Gasteiger partial charge in [-0.3, -0.25) is 0 Å². The third kappa shape index (κ3) is 4.68. The van der Waals surface area contributed by atoms with Gasteiger partial charge in [0.15, 0.2) is 0 Å². The number of sulfone groups is 1. The fourth-order valence-electron chi connectivity index (χ4n) is 3.66.